The van der Waals surface area contributed by atoms with Gasteiger partial charge in [0.05, 0.1) is 6.26 Å². The molecule has 25 heavy (non-hydrogen) atoms. The highest BCUT2D eigenvalue weighted by Crippen LogP contribution is 2.16. The van der Waals surface area contributed by atoms with Crippen molar-refractivity contribution in [2.45, 2.75) is 6.10 Å². The number of halogens is 1. The molecule has 0 unspecified atom stereocenters. The molecular formula is C18H21FN2O4. The van der Waals surface area contributed by atoms with Gasteiger partial charge in [0, 0.05) is 32.7 Å². The van der Waals surface area contributed by atoms with Crippen LogP contribution in [0.1, 0.15) is 11.9 Å². The lowest BCUT2D eigenvalue weighted by Crippen LogP contribution is -2.50. The fourth-order valence-electron chi connectivity index (χ4n) is 2.76. The molecule has 2 heterocycles. The van der Waals surface area contributed by atoms with Gasteiger partial charge in [-0.2, -0.15) is 0 Å². The number of rotatable bonds is 6. The molecule has 0 bridgehead atoms. The Balaban J connectivity index is 1.40. The highest BCUT2D eigenvalue weighted by molar-refractivity contribution is 5.77. The number of amides is 1. The number of carbonyl (C=O) groups excluding carboxylic acids is 1. The predicted molar refractivity (Wildman–Crippen MR) is 88.6 cm³/mol. The van der Waals surface area contributed by atoms with Gasteiger partial charge in [-0.05, 0) is 36.4 Å². The first-order valence-electron chi connectivity index (χ1n) is 8.22. The van der Waals surface area contributed by atoms with Crippen molar-refractivity contribution in [1.82, 2.24) is 9.80 Å². The molecule has 1 fully saturated rings. The molecule has 0 aliphatic carbocycles. The van der Waals surface area contributed by atoms with Gasteiger partial charge in [-0.15, -0.1) is 0 Å². The smallest absolute Gasteiger partial charge is 0.260 e. The number of aliphatic hydroxyl groups is 1. The number of piperazine rings is 1. The number of ether oxygens (including phenoxy) is 1. The monoisotopic (exact) mass is 348 g/mol. The van der Waals surface area contributed by atoms with E-state index in [1.54, 1.807) is 17.0 Å². The van der Waals surface area contributed by atoms with Gasteiger partial charge in [0.25, 0.3) is 5.91 Å². The Bertz CT molecular complexity index is 667. The van der Waals surface area contributed by atoms with Gasteiger partial charge in [-0.1, -0.05) is 0 Å². The van der Waals surface area contributed by atoms with E-state index in [4.69, 9.17) is 9.15 Å². The van der Waals surface area contributed by atoms with Crippen LogP contribution in [0, 0.1) is 5.82 Å². The number of nitrogens with zero attached hydrogens (tertiary/aromatic N) is 2. The van der Waals surface area contributed by atoms with Crippen LogP contribution in [0.3, 0.4) is 0 Å². The Hall–Kier alpha value is -2.38. The Labute approximate surface area is 145 Å². The molecule has 7 heteroatoms. The second-order valence-corrected chi connectivity index (χ2v) is 5.96. The van der Waals surface area contributed by atoms with Crippen LogP contribution in [0.15, 0.2) is 47.1 Å². The highest BCUT2D eigenvalue weighted by atomic mass is 19.1. The Morgan fingerprint density at radius 1 is 1.20 bits per heavy atom. The maximum Gasteiger partial charge on any atom is 0.260 e. The van der Waals surface area contributed by atoms with E-state index < -0.39 is 6.10 Å². The molecule has 0 saturated carbocycles. The van der Waals surface area contributed by atoms with E-state index in [1.807, 2.05) is 0 Å². The van der Waals surface area contributed by atoms with Gasteiger partial charge < -0.3 is 19.2 Å². The van der Waals surface area contributed by atoms with Crippen LogP contribution < -0.4 is 4.74 Å². The molecule has 134 valence electrons. The van der Waals surface area contributed by atoms with Crippen LogP contribution >= 0.6 is 0 Å². The summed E-state index contributed by atoms with van der Waals surface area (Å²) >= 11 is 0. The van der Waals surface area contributed by atoms with Crippen molar-refractivity contribution in [2.75, 3.05) is 39.3 Å². The minimum atomic E-state index is -0.668. The van der Waals surface area contributed by atoms with E-state index in [0.717, 1.165) is 0 Å². The zero-order chi connectivity index (χ0) is 17.6. The first kappa shape index (κ1) is 17.4. The number of hydrogen-bond acceptors (Lipinski definition) is 5. The van der Waals surface area contributed by atoms with Gasteiger partial charge in [-0.25, -0.2) is 4.39 Å². The molecule has 1 aliphatic heterocycles. The van der Waals surface area contributed by atoms with E-state index in [1.165, 1.54) is 30.5 Å². The van der Waals surface area contributed by atoms with Crippen molar-refractivity contribution >= 4 is 5.91 Å². The highest BCUT2D eigenvalue weighted by Gasteiger charge is 2.23. The second kappa shape index (κ2) is 8.13. The van der Waals surface area contributed by atoms with Crippen LogP contribution in [0.4, 0.5) is 4.39 Å². The largest absolute Gasteiger partial charge is 0.484 e. The summed E-state index contributed by atoms with van der Waals surface area (Å²) in [5.41, 5.74) is 0. The zero-order valence-corrected chi connectivity index (χ0v) is 13.8. The van der Waals surface area contributed by atoms with Crippen molar-refractivity contribution in [1.29, 1.82) is 0 Å². The molecule has 1 amide bonds. The Morgan fingerprint density at radius 2 is 1.92 bits per heavy atom. The van der Waals surface area contributed by atoms with Crippen molar-refractivity contribution < 1.29 is 23.4 Å². The normalized spacial score (nSPS) is 16.6. The number of carbonyl (C=O) groups is 1. The Kier molecular flexibility index (Phi) is 5.67. The number of β-amino-alcohol motifs (C(OH)–C–C–N with tert-alkyl or cyclic N) is 1. The van der Waals surface area contributed by atoms with E-state index in [0.29, 0.717) is 44.2 Å². The third kappa shape index (κ3) is 4.80. The fraction of sp³-hybridized carbons (Fsp3) is 0.389. The van der Waals surface area contributed by atoms with E-state index in [-0.39, 0.29) is 18.3 Å². The lowest BCUT2D eigenvalue weighted by atomic mass is 10.2. The van der Waals surface area contributed by atoms with Crippen molar-refractivity contribution in [3.63, 3.8) is 0 Å². The third-order valence-corrected chi connectivity index (χ3v) is 4.20. The molecule has 1 atom stereocenters. The van der Waals surface area contributed by atoms with Gasteiger partial charge in [0.1, 0.15) is 23.4 Å². The van der Waals surface area contributed by atoms with E-state index in [2.05, 4.69) is 4.90 Å². The molecule has 3 rings (SSSR count). The van der Waals surface area contributed by atoms with Crippen molar-refractivity contribution in [3.8, 4) is 5.75 Å². The van der Waals surface area contributed by atoms with E-state index >= 15 is 0 Å². The summed E-state index contributed by atoms with van der Waals surface area (Å²) in [5.74, 6) is 0.572. The van der Waals surface area contributed by atoms with Crippen LogP contribution in [0.5, 0.6) is 5.75 Å². The molecule has 1 N–H and O–H groups in total. The van der Waals surface area contributed by atoms with E-state index in [9.17, 15) is 14.3 Å². The average Bonchev–Trinajstić information content (AvgIpc) is 3.16. The van der Waals surface area contributed by atoms with Crippen LogP contribution in [0.25, 0.3) is 0 Å². The van der Waals surface area contributed by atoms with Crippen LogP contribution in [0.2, 0.25) is 0 Å². The minimum Gasteiger partial charge on any atom is -0.484 e. The summed E-state index contributed by atoms with van der Waals surface area (Å²) in [7, 11) is 0. The quantitative estimate of drug-likeness (QED) is 0.860. The minimum absolute atomic E-state index is 0.0688. The van der Waals surface area contributed by atoms with Crippen LogP contribution in [-0.2, 0) is 4.79 Å². The standard InChI is InChI=1S/C18H21FN2O4/c19-14-3-5-15(6-4-14)25-13-18(23)21-9-7-20(8-10-21)12-16(22)17-2-1-11-24-17/h1-6,11,16,22H,7-10,12-13H2/t16-/m1/s1. The molecule has 1 aromatic carbocycles. The molecule has 0 spiro atoms. The fourth-order valence-corrected chi connectivity index (χ4v) is 2.76. The van der Waals surface area contributed by atoms with Gasteiger partial charge in [-0.3, -0.25) is 9.69 Å². The number of benzene rings is 1. The number of furan rings is 1. The summed E-state index contributed by atoms with van der Waals surface area (Å²) < 4.78 is 23.4. The summed E-state index contributed by atoms with van der Waals surface area (Å²) in [6.07, 6.45) is 0.870. The SMILES string of the molecule is O=C(COc1ccc(F)cc1)N1CCN(C[C@@H](O)c2ccco2)CC1. The van der Waals surface area contributed by atoms with Gasteiger partial charge in [0.2, 0.25) is 0 Å². The van der Waals surface area contributed by atoms with Gasteiger partial charge >= 0.3 is 0 Å². The predicted octanol–water partition coefficient (Wildman–Crippen LogP) is 1.68. The molecule has 1 aromatic heterocycles. The maximum absolute atomic E-state index is 12.8. The maximum atomic E-state index is 12.8. The molecule has 1 aliphatic rings. The first-order valence-corrected chi connectivity index (χ1v) is 8.22. The van der Waals surface area contributed by atoms with Gasteiger partial charge in [0.15, 0.2) is 6.61 Å². The summed E-state index contributed by atoms with van der Waals surface area (Å²) in [6, 6.07) is 9.08. The molecule has 1 saturated heterocycles. The second-order valence-electron chi connectivity index (χ2n) is 5.96. The topological polar surface area (TPSA) is 66.2 Å². The first-order chi connectivity index (χ1) is 12.1. The molecule has 6 nitrogen and oxygen atoms in total. The van der Waals surface area contributed by atoms with Crippen molar-refractivity contribution in [3.05, 3.63) is 54.2 Å². The Morgan fingerprint density at radius 3 is 2.56 bits per heavy atom. The third-order valence-electron chi connectivity index (χ3n) is 4.20. The summed E-state index contributed by atoms with van der Waals surface area (Å²) in [4.78, 5) is 16.0. The zero-order valence-electron chi connectivity index (χ0n) is 13.8. The average molecular weight is 348 g/mol. The summed E-state index contributed by atoms with van der Waals surface area (Å²) in [5, 5.41) is 10.1. The molecule has 0 radical (unpaired) electrons. The number of aliphatic hydroxyl groups excluding tert-OH is 1. The lowest BCUT2D eigenvalue weighted by molar-refractivity contribution is -0.135. The van der Waals surface area contributed by atoms with Crippen molar-refractivity contribution in [2.24, 2.45) is 0 Å². The summed E-state index contributed by atoms with van der Waals surface area (Å²) in [6.45, 7) is 2.93. The lowest BCUT2D eigenvalue weighted by Gasteiger charge is -2.35. The molecular weight excluding hydrogens is 327 g/mol. The van der Waals surface area contributed by atoms with Crippen LogP contribution in [-0.4, -0.2) is 60.1 Å². The number of hydrogen-bond donors (Lipinski definition) is 1. The molecule has 2 aromatic rings.